The van der Waals surface area contributed by atoms with Gasteiger partial charge in [-0.3, -0.25) is 4.40 Å². The highest BCUT2D eigenvalue weighted by Crippen LogP contribution is 2.22. The zero-order valence-corrected chi connectivity index (χ0v) is 9.35. The van der Waals surface area contributed by atoms with E-state index in [1.54, 1.807) is 22.6 Å². The molecule has 0 fully saturated rings. The Labute approximate surface area is 101 Å². The molecule has 0 unspecified atom stereocenters. The molecule has 84 valence electrons. The van der Waals surface area contributed by atoms with Crippen LogP contribution in [0.5, 0.6) is 0 Å². The van der Waals surface area contributed by atoms with E-state index in [0.717, 1.165) is 10.9 Å². The van der Waals surface area contributed by atoms with Crippen LogP contribution in [0.25, 0.3) is 16.6 Å². The summed E-state index contributed by atoms with van der Waals surface area (Å²) < 4.78 is 1.59. The topological polar surface area (TPSA) is 54.6 Å². The molecule has 1 N–H and O–H groups in total. The molecule has 2 aromatic heterocycles. The summed E-state index contributed by atoms with van der Waals surface area (Å²) in [6, 6.07) is 9.02. The fraction of sp³-hybridized carbons (Fsp3) is 0. The molecule has 3 aromatic rings. The summed E-state index contributed by atoms with van der Waals surface area (Å²) in [5, 5.41) is 10.6. The molecular weight excluding hydrogens is 240 g/mol. The third-order valence-corrected chi connectivity index (χ3v) is 2.89. The first-order valence-corrected chi connectivity index (χ1v) is 5.33. The van der Waals surface area contributed by atoms with Gasteiger partial charge >= 0.3 is 5.97 Å². The number of carbonyl (C=O) groups is 1. The number of aromatic nitrogens is 2. The van der Waals surface area contributed by atoms with Crippen molar-refractivity contribution in [2.75, 3.05) is 0 Å². The molecule has 0 amide bonds. The number of nitrogens with zero attached hydrogens (tertiary/aromatic N) is 2. The molecule has 0 saturated carbocycles. The molecular formula is C12H7ClN2O2. The smallest absolute Gasteiger partial charge is 0.354 e. The molecule has 3 rings (SSSR count). The molecule has 0 saturated heterocycles. The van der Waals surface area contributed by atoms with Crippen LogP contribution in [-0.4, -0.2) is 20.5 Å². The fourth-order valence-corrected chi connectivity index (χ4v) is 2.07. The van der Waals surface area contributed by atoms with E-state index in [2.05, 4.69) is 4.98 Å². The van der Waals surface area contributed by atoms with E-state index in [9.17, 15) is 4.79 Å². The number of halogens is 1. The van der Waals surface area contributed by atoms with Crippen molar-refractivity contribution in [2.24, 2.45) is 0 Å². The Kier molecular flexibility index (Phi) is 2.06. The SMILES string of the molecule is O=C(O)c1cnc2ccc3ccc(Cl)cc3n12. The third-order valence-electron chi connectivity index (χ3n) is 2.65. The van der Waals surface area contributed by atoms with Crippen LogP contribution in [0, 0.1) is 0 Å². The van der Waals surface area contributed by atoms with Crippen LogP contribution in [0.2, 0.25) is 5.02 Å². The zero-order valence-electron chi connectivity index (χ0n) is 8.59. The monoisotopic (exact) mass is 246 g/mol. The molecule has 2 heterocycles. The summed E-state index contributed by atoms with van der Waals surface area (Å²) in [5.74, 6) is -1.01. The highest BCUT2D eigenvalue weighted by molar-refractivity contribution is 6.31. The van der Waals surface area contributed by atoms with Crippen molar-refractivity contribution in [3.05, 3.63) is 47.2 Å². The van der Waals surface area contributed by atoms with Crippen molar-refractivity contribution in [3.63, 3.8) is 0 Å². The number of pyridine rings is 1. The Morgan fingerprint density at radius 3 is 2.82 bits per heavy atom. The minimum atomic E-state index is -1.01. The number of benzene rings is 1. The predicted molar refractivity (Wildman–Crippen MR) is 64.7 cm³/mol. The highest BCUT2D eigenvalue weighted by atomic mass is 35.5. The zero-order chi connectivity index (χ0) is 12.0. The summed E-state index contributed by atoms with van der Waals surface area (Å²) >= 11 is 5.94. The lowest BCUT2D eigenvalue weighted by molar-refractivity contribution is 0.0690. The van der Waals surface area contributed by atoms with Crippen molar-refractivity contribution in [3.8, 4) is 0 Å². The molecule has 5 heteroatoms. The van der Waals surface area contributed by atoms with Crippen LogP contribution in [0.3, 0.4) is 0 Å². The number of imidazole rings is 1. The maximum atomic E-state index is 11.1. The van der Waals surface area contributed by atoms with Crippen LogP contribution < -0.4 is 0 Å². The van der Waals surface area contributed by atoms with Gasteiger partial charge in [0.15, 0.2) is 5.69 Å². The molecule has 0 aliphatic heterocycles. The van der Waals surface area contributed by atoms with E-state index in [1.807, 2.05) is 12.1 Å². The Balaban J connectivity index is 2.55. The maximum absolute atomic E-state index is 11.1. The van der Waals surface area contributed by atoms with Gasteiger partial charge in [0.05, 0.1) is 11.7 Å². The molecule has 4 nitrogen and oxygen atoms in total. The Morgan fingerprint density at radius 1 is 1.29 bits per heavy atom. The number of rotatable bonds is 1. The minimum absolute atomic E-state index is 0.132. The van der Waals surface area contributed by atoms with Gasteiger partial charge in [-0.25, -0.2) is 9.78 Å². The standard InChI is InChI=1S/C12H7ClN2O2/c13-8-3-1-7-2-4-11-14-6-10(12(16)17)15(11)9(7)5-8/h1-6H,(H,16,17). The first-order valence-electron chi connectivity index (χ1n) is 4.96. The molecule has 0 radical (unpaired) electrons. The molecule has 0 aliphatic rings. The van der Waals surface area contributed by atoms with E-state index >= 15 is 0 Å². The normalized spacial score (nSPS) is 11.1. The second-order valence-corrected chi connectivity index (χ2v) is 4.12. The van der Waals surface area contributed by atoms with Crippen molar-refractivity contribution in [2.45, 2.75) is 0 Å². The molecule has 0 bridgehead atoms. The van der Waals surface area contributed by atoms with Crippen molar-refractivity contribution in [1.29, 1.82) is 0 Å². The lowest BCUT2D eigenvalue weighted by Gasteiger charge is -2.04. The molecule has 1 aromatic carbocycles. The molecule has 0 atom stereocenters. The number of aromatic carboxylic acids is 1. The van der Waals surface area contributed by atoms with Crippen LogP contribution >= 0.6 is 11.6 Å². The van der Waals surface area contributed by atoms with Crippen molar-refractivity contribution < 1.29 is 9.90 Å². The average molecular weight is 247 g/mol. The number of carboxylic acids is 1. The molecule has 17 heavy (non-hydrogen) atoms. The lowest BCUT2D eigenvalue weighted by Crippen LogP contribution is -2.02. The van der Waals surface area contributed by atoms with E-state index < -0.39 is 5.97 Å². The summed E-state index contributed by atoms with van der Waals surface area (Å²) in [7, 11) is 0. The van der Waals surface area contributed by atoms with Gasteiger partial charge in [-0.05, 0) is 29.7 Å². The average Bonchev–Trinajstić information content (AvgIpc) is 2.73. The molecule has 0 spiro atoms. The summed E-state index contributed by atoms with van der Waals surface area (Å²) in [4.78, 5) is 15.2. The third kappa shape index (κ3) is 1.45. The maximum Gasteiger partial charge on any atom is 0.354 e. The van der Waals surface area contributed by atoms with E-state index in [0.29, 0.717) is 10.7 Å². The summed E-state index contributed by atoms with van der Waals surface area (Å²) in [5.41, 5.74) is 1.47. The summed E-state index contributed by atoms with van der Waals surface area (Å²) in [6.45, 7) is 0. The van der Waals surface area contributed by atoms with Gasteiger partial charge in [0.1, 0.15) is 5.65 Å². The second-order valence-electron chi connectivity index (χ2n) is 3.68. The predicted octanol–water partition coefficient (Wildman–Crippen LogP) is 2.84. The first kappa shape index (κ1) is 10.1. The number of hydrogen-bond donors (Lipinski definition) is 1. The highest BCUT2D eigenvalue weighted by Gasteiger charge is 2.12. The number of hydrogen-bond acceptors (Lipinski definition) is 2. The van der Waals surface area contributed by atoms with Crippen LogP contribution in [-0.2, 0) is 0 Å². The number of carboxylic acid groups (broad SMARTS) is 1. The van der Waals surface area contributed by atoms with Crippen LogP contribution in [0.1, 0.15) is 10.5 Å². The Hall–Kier alpha value is -2.07. The van der Waals surface area contributed by atoms with E-state index in [-0.39, 0.29) is 5.69 Å². The number of fused-ring (bicyclic) bond motifs is 3. The van der Waals surface area contributed by atoms with Crippen molar-refractivity contribution >= 4 is 34.1 Å². The van der Waals surface area contributed by atoms with Gasteiger partial charge in [0.2, 0.25) is 0 Å². The fourth-order valence-electron chi connectivity index (χ4n) is 1.90. The van der Waals surface area contributed by atoms with Gasteiger partial charge in [-0.2, -0.15) is 0 Å². The van der Waals surface area contributed by atoms with E-state index in [4.69, 9.17) is 16.7 Å². The van der Waals surface area contributed by atoms with Gasteiger partial charge in [0.25, 0.3) is 0 Å². The largest absolute Gasteiger partial charge is 0.477 e. The quantitative estimate of drug-likeness (QED) is 0.718. The van der Waals surface area contributed by atoms with Gasteiger partial charge in [0, 0.05) is 5.02 Å². The molecule has 0 aliphatic carbocycles. The Bertz CT molecular complexity index is 749. The minimum Gasteiger partial charge on any atom is -0.477 e. The second kappa shape index (κ2) is 3.46. The summed E-state index contributed by atoms with van der Waals surface area (Å²) in [6.07, 6.45) is 1.35. The van der Waals surface area contributed by atoms with Gasteiger partial charge in [-0.1, -0.05) is 17.7 Å². The van der Waals surface area contributed by atoms with Crippen LogP contribution in [0.15, 0.2) is 36.5 Å². The van der Waals surface area contributed by atoms with Gasteiger partial charge in [-0.15, -0.1) is 0 Å². The van der Waals surface area contributed by atoms with E-state index in [1.165, 1.54) is 6.20 Å². The van der Waals surface area contributed by atoms with Crippen LogP contribution in [0.4, 0.5) is 0 Å². The first-order chi connectivity index (χ1) is 8.16. The van der Waals surface area contributed by atoms with Gasteiger partial charge < -0.3 is 5.11 Å². The Morgan fingerprint density at radius 2 is 2.06 bits per heavy atom. The van der Waals surface area contributed by atoms with Crippen molar-refractivity contribution in [1.82, 2.24) is 9.38 Å². The lowest BCUT2D eigenvalue weighted by atomic mass is 10.2.